The Labute approximate surface area is 205 Å². The Bertz CT molecular complexity index is 1230. The highest BCUT2D eigenvalue weighted by atomic mass is 32.2. The molecule has 7 nitrogen and oxygen atoms in total. The van der Waals surface area contributed by atoms with Gasteiger partial charge in [0, 0.05) is 38.4 Å². The molecule has 0 aromatic heterocycles. The topological polar surface area (TPSA) is 70.2 Å². The number of anilines is 2. The molecule has 0 spiro atoms. The lowest BCUT2D eigenvalue weighted by Gasteiger charge is -2.36. The molecule has 35 heavy (non-hydrogen) atoms. The molecule has 1 heterocycles. The van der Waals surface area contributed by atoms with Crippen molar-refractivity contribution in [2.24, 2.45) is 0 Å². The van der Waals surface area contributed by atoms with E-state index < -0.39 is 10.0 Å². The van der Waals surface area contributed by atoms with Gasteiger partial charge in [0.1, 0.15) is 11.6 Å². The minimum atomic E-state index is -3.67. The molecule has 0 bridgehead atoms. The molecular weight excluding hydrogens is 469 g/mol. The van der Waals surface area contributed by atoms with Gasteiger partial charge >= 0.3 is 0 Å². The van der Waals surface area contributed by atoms with E-state index in [1.165, 1.54) is 16.4 Å². The standard InChI is InChI=1S/C26H28FN3O4S/c1-2-30(35(32,33)25-6-4-3-5-7-25)23-12-14-24(15-13-23)34-20-26(31)29-18-16-28(17-19-29)22-10-8-21(27)9-11-22/h3-15H,2,16-20H2,1H3. The fourth-order valence-electron chi connectivity index (χ4n) is 4.02. The van der Waals surface area contributed by atoms with E-state index in [9.17, 15) is 17.6 Å². The first kappa shape index (κ1) is 24.5. The number of piperazine rings is 1. The van der Waals surface area contributed by atoms with Crippen LogP contribution in [0.2, 0.25) is 0 Å². The van der Waals surface area contributed by atoms with Gasteiger partial charge in [0.15, 0.2) is 6.61 Å². The van der Waals surface area contributed by atoms with Gasteiger partial charge in [0.2, 0.25) is 0 Å². The van der Waals surface area contributed by atoms with Crippen molar-refractivity contribution in [2.45, 2.75) is 11.8 Å². The van der Waals surface area contributed by atoms with Crippen molar-refractivity contribution in [3.05, 3.63) is 84.7 Å². The van der Waals surface area contributed by atoms with Crippen LogP contribution in [0.3, 0.4) is 0 Å². The first-order valence-corrected chi connectivity index (χ1v) is 12.9. The van der Waals surface area contributed by atoms with Crippen molar-refractivity contribution in [1.29, 1.82) is 0 Å². The van der Waals surface area contributed by atoms with Gasteiger partial charge in [0.25, 0.3) is 15.9 Å². The molecule has 0 unspecified atom stereocenters. The van der Waals surface area contributed by atoms with Crippen LogP contribution in [-0.4, -0.2) is 58.6 Å². The number of carbonyl (C=O) groups is 1. The highest BCUT2D eigenvalue weighted by Gasteiger charge is 2.24. The Hall–Kier alpha value is -3.59. The van der Waals surface area contributed by atoms with Gasteiger partial charge in [-0.15, -0.1) is 0 Å². The highest BCUT2D eigenvalue weighted by Crippen LogP contribution is 2.25. The molecule has 9 heteroatoms. The normalized spacial score (nSPS) is 14.0. The predicted octanol–water partition coefficient (Wildman–Crippen LogP) is 3.77. The van der Waals surface area contributed by atoms with Crippen molar-refractivity contribution in [3.8, 4) is 5.75 Å². The highest BCUT2D eigenvalue weighted by molar-refractivity contribution is 7.92. The molecule has 0 aliphatic carbocycles. The van der Waals surface area contributed by atoms with E-state index in [2.05, 4.69) is 4.90 Å². The third-order valence-electron chi connectivity index (χ3n) is 5.93. The number of benzene rings is 3. The van der Waals surface area contributed by atoms with Crippen molar-refractivity contribution >= 4 is 27.3 Å². The summed E-state index contributed by atoms with van der Waals surface area (Å²) in [5, 5.41) is 0. The molecule has 3 aromatic carbocycles. The number of hydrogen-bond donors (Lipinski definition) is 0. The average molecular weight is 498 g/mol. The first-order valence-electron chi connectivity index (χ1n) is 11.5. The molecule has 1 saturated heterocycles. The second-order valence-corrected chi connectivity index (χ2v) is 9.97. The average Bonchev–Trinajstić information content (AvgIpc) is 2.89. The zero-order valence-corrected chi connectivity index (χ0v) is 20.3. The molecule has 0 N–H and O–H groups in total. The summed E-state index contributed by atoms with van der Waals surface area (Å²) in [7, 11) is -3.67. The van der Waals surface area contributed by atoms with Gasteiger partial charge in [-0.25, -0.2) is 12.8 Å². The lowest BCUT2D eigenvalue weighted by atomic mass is 10.2. The van der Waals surface area contributed by atoms with E-state index in [0.29, 0.717) is 37.6 Å². The molecular formula is C26H28FN3O4S. The van der Waals surface area contributed by atoms with Crippen LogP contribution in [0.1, 0.15) is 6.92 Å². The summed E-state index contributed by atoms with van der Waals surface area (Å²) in [6, 6.07) is 21.3. The predicted molar refractivity (Wildman–Crippen MR) is 134 cm³/mol. The van der Waals surface area contributed by atoms with Crippen LogP contribution in [-0.2, 0) is 14.8 Å². The zero-order chi connectivity index (χ0) is 24.8. The van der Waals surface area contributed by atoms with Crippen LogP contribution in [0.25, 0.3) is 0 Å². The summed E-state index contributed by atoms with van der Waals surface area (Å²) in [5.41, 5.74) is 1.46. The van der Waals surface area contributed by atoms with Gasteiger partial charge in [0.05, 0.1) is 10.6 Å². The molecule has 0 saturated carbocycles. The quantitative estimate of drug-likeness (QED) is 0.474. The number of nitrogens with zero attached hydrogens (tertiary/aromatic N) is 3. The van der Waals surface area contributed by atoms with E-state index in [1.54, 1.807) is 78.6 Å². The number of halogens is 1. The Kier molecular flexibility index (Phi) is 7.55. The van der Waals surface area contributed by atoms with Gasteiger partial charge in [-0.05, 0) is 67.6 Å². The molecule has 0 atom stereocenters. The number of rotatable bonds is 8. The lowest BCUT2D eigenvalue weighted by Crippen LogP contribution is -2.50. The minimum absolute atomic E-state index is 0.101. The van der Waals surface area contributed by atoms with Gasteiger partial charge in [-0.2, -0.15) is 0 Å². The Morgan fingerprint density at radius 1 is 0.914 bits per heavy atom. The Balaban J connectivity index is 1.31. The Morgan fingerprint density at radius 3 is 2.14 bits per heavy atom. The summed E-state index contributed by atoms with van der Waals surface area (Å²) in [4.78, 5) is 16.7. The number of hydrogen-bond acceptors (Lipinski definition) is 5. The summed E-state index contributed by atoms with van der Waals surface area (Å²) < 4.78 is 46.1. The van der Waals surface area contributed by atoms with Crippen molar-refractivity contribution in [3.63, 3.8) is 0 Å². The maximum atomic E-state index is 13.1. The van der Waals surface area contributed by atoms with Gasteiger partial charge in [-0.1, -0.05) is 18.2 Å². The van der Waals surface area contributed by atoms with Crippen molar-refractivity contribution < 1.29 is 22.3 Å². The fourth-order valence-corrected chi connectivity index (χ4v) is 5.52. The maximum Gasteiger partial charge on any atom is 0.264 e. The molecule has 4 rings (SSSR count). The zero-order valence-electron chi connectivity index (χ0n) is 19.5. The summed E-state index contributed by atoms with van der Waals surface area (Å²) in [5.74, 6) is 0.0999. The SMILES string of the molecule is CCN(c1ccc(OCC(=O)N2CCN(c3ccc(F)cc3)CC2)cc1)S(=O)(=O)c1ccccc1. The van der Waals surface area contributed by atoms with Crippen LogP contribution < -0.4 is 13.9 Å². The molecule has 184 valence electrons. The fraction of sp³-hybridized carbons (Fsp3) is 0.269. The van der Waals surface area contributed by atoms with E-state index in [1.807, 2.05) is 0 Å². The van der Waals surface area contributed by atoms with Crippen LogP contribution in [0.4, 0.5) is 15.8 Å². The lowest BCUT2D eigenvalue weighted by molar-refractivity contribution is -0.133. The number of carbonyl (C=O) groups excluding carboxylic acids is 1. The van der Waals surface area contributed by atoms with Crippen LogP contribution in [0.15, 0.2) is 83.8 Å². The Morgan fingerprint density at radius 2 is 1.54 bits per heavy atom. The smallest absolute Gasteiger partial charge is 0.264 e. The molecule has 1 aliphatic rings. The number of ether oxygens (including phenoxy) is 1. The summed E-state index contributed by atoms with van der Waals surface area (Å²) in [6.45, 7) is 4.39. The minimum Gasteiger partial charge on any atom is -0.484 e. The largest absolute Gasteiger partial charge is 0.484 e. The molecule has 3 aromatic rings. The number of amides is 1. The molecule has 0 radical (unpaired) electrons. The third kappa shape index (κ3) is 5.74. The van der Waals surface area contributed by atoms with Crippen molar-refractivity contribution in [2.75, 3.05) is 48.5 Å². The van der Waals surface area contributed by atoms with Gasteiger partial charge in [-0.3, -0.25) is 9.10 Å². The second kappa shape index (κ2) is 10.8. The van der Waals surface area contributed by atoms with Crippen molar-refractivity contribution in [1.82, 2.24) is 4.90 Å². The third-order valence-corrected chi connectivity index (χ3v) is 7.85. The molecule has 1 fully saturated rings. The molecule has 1 aliphatic heterocycles. The summed E-state index contributed by atoms with van der Waals surface area (Å²) in [6.07, 6.45) is 0. The monoisotopic (exact) mass is 497 g/mol. The first-order chi connectivity index (χ1) is 16.9. The van der Waals surface area contributed by atoms with Gasteiger partial charge < -0.3 is 14.5 Å². The molecule has 1 amide bonds. The van der Waals surface area contributed by atoms with Crippen LogP contribution >= 0.6 is 0 Å². The maximum absolute atomic E-state index is 13.1. The van der Waals surface area contributed by atoms with Crippen LogP contribution in [0, 0.1) is 5.82 Å². The van der Waals surface area contributed by atoms with Crippen LogP contribution in [0.5, 0.6) is 5.75 Å². The van der Waals surface area contributed by atoms with E-state index >= 15 is 0 Å². The second-order valence-electron chi connectivity index (χ2n) is 8.11. The van der Waals surface area contributed by atoms with E-state index in [0.717, 1.165) is 5.69 Å². The van der Waals surface area contributed by atoms with E-state index in [-0.39, 0.29) is 29.8 Å². The summed E-state index contributed by atoms with van der Waals surface area (Å²) >= 11 is 0. The number of sulfonamides is 1. The van der Waals surface area contributed by atoms with E-state index in [4.69, 9.17) is 4.74 Å².